The van der Waals surface area contributed by atoms with Crippen LogP contribution < -0.4 is 16.1 Å². The summed E-state index contributed by atoms with van der Waals surface area (Å²) < 4.78 is 39.5. The van der Waals surface area contributed by atoms with Gasteiger partial charge >= 0.3 is 12.2 Å². The second-order valence-corrected chi connectivity index (χ2v) is 5.89. The van der Waals surface area contributed by atoms with Crippen LogP contribution in [0.4, 0.5) is 18.0 Å². The van der Waals surface area contributed by atoms with Gasteiger partial charge in [-0.3, -0.25) is 10.0 Å². The third-order valence-electron chi connectivity index (χ3n) is 2.70. The topological polar surface area (TPSA) is 90.5 Å². The Morgan fingerprint density at radius 2 is 1.61 bits per heavy atom. The van der Waals surface area contributed by atoms with Crippen molar-refractivity contribution in [2.24, 2.45) is 0 Å². The number of carbonyl (C=O) groups is 2. The van der Waals surface area contributed by atoms with Gasteiger partial charge in [0.2, 0.25) is 0 Å². The molecule has 128 valence electrons. The summed E-state index contributed by atoms with van der Waals surface area (Å²) in [6, 6.07) is 1.15. The summed E-state index contributed by atoms with van der Waals surface area (Å²) in [6.07, 6.45) is -4.71. The van der Waals surface area contributed by atoms with E-state index in [0.29, 0.717) is 0 Å². The molecule has 1 aromatic carbocycles. The molecule has 1 atom stereocenters. The molecule has 0 spiro atoms. The minimum atomic E-state index is -4.71. The molecule has 0 radical (unpaired) electrons. The van der Waals surface area contributed by atoms with Crippen LogP contribution in [0.3, 0.4) is 0 Å². The lowest BCUT2D eigenvalue weighted by molar-refractivity contribution is -0.155. The lowest BCUT2D eigenvalue weighted by Crippen LogP contribution is -2.49. The Labute approximate surface area is 131 Å². The van der Waals surface area contributed by atoms with Crippen LogP contribution in [0.25, 0.3) is 0 Å². The van der Waals surface area contributed by atoms with Gasteiger partial charge in [0.1, 0.15) is 0 Å². The molecule has 0 heterocycles. The quantitative estimate of drug-likeness (QED) is 0.506. The molecule has 23 heavy (non-hydrogen) atoms. The normalized spacial score (nSPS) is 13.2. The van der Waals surface area contributed by atoms with Gasteiger partial charge < -0.3 is 10.6 Å². The summed E-state index contributed by atoms with van der Waals surface area (Å²) in [5.74, 6) is -0.849. The minimum absolute atomic E-state index is 0.0173. The zero-order chi connectivity index (χ0) is 17.8. The first-order valence-electron chi connectivity index (χ1n) is 6.64. The average molecular weight is 333 g/mol. The Bertz CT molecular complexity index is 565. The fourth-order valence-electron chi connectivity index (χ4n) is 1.75. The SMILES string of the molecule is CC(C)(C)NC(=O)NC(c1ccc(C(=O)NO)cc1)C(F)(F)F. The van der Waals surface area contributed by atoms with Crippen molar-refractivity contribution in [1.29, 1.82) is 0 Å². The van der Waals surface area contributed by atoms with Crippen molar-refractivity contribution >= 4 is 11.9 Å². The summed E-state index contributed by atoms with van der Waals surface area (Å²) in [7, 11) is 0. The predicted octanol–water partition coefficient (Wildman–Crippen LogP) is 2.51. The lowest BCUT2D eigenvalue weighted by atomic mass is 10.0. The third-order valence-corrected chi connectivity index (χ3v) is 2.70. The van der Waals surface area contributed by atoms with E-state index >= 15 is 0 Å². The van der Waals surface area contributed by atoms with E-state index in [9.17, 15) is 22.8 Å². The van der Waals surface area contributed by atoms with Crippen LogP contribution in [0.2, 0.25) is 0 Å². The Morgan fingerprint density at radius 1 is 1.09 bits per heavy atom. The van der Waals surface area contributed by atoms with Crippen molar-refractivity contribution < 1.29 is 28.0 Å². The highest BCUT2D eigenvalue weighted by Crippen LogP contribution is 2.32. The molecule has 0 aromatic heterocycles. The molecule has 0 bridgehead atoms. The number of rotatable bonds is 3. The van der Waals surface area contributed by atoms with Crippen molar-refractivity contribution in [1.82, 2.24) is 16.1 Å². The van der Waals surface area contributed by atoms with Crippen molar-refractivity contribution in [3.05, 3.63) is 35.4 Å². The van der Waals surface area contributed by atoms with Crippen LogP contribution in [-0.2, 0) is 0 Å². The van der Waals surface area contributed by atoms with Gasteiger partial charge in [-0.15, -0.1) is 0 Å². The van der Waals surface area contributed by atoms with Gasteiger partial charge in [-0.25, -0.2) is 10.3 Å². The largest absolute Gasteiger partial charge is 0.412 e. The minimum Gasteiger partial charge on any atom is -0.334 e. The molecule has 4 N–H and O–H groups in total. The van der Waals surface area contributed by atoms with E-state index in [2.05, 4.69) is 5.32 Å². The number of carbonyl (C=O) groups excluding carboxylic acids is 2. The Balaban J connectivity index is 2.99. The Hall–Kier alpha value is -2.29. The number of alkyl halides is 3. The molecule has 1 rings (SSSR count). The standard InChI is InChI=1S/C14H18F3N3O3/c1-13(2,3)19-12(22)18-10(14(15,16)17)8-4-6-9(7-5-8)11(21)20-23/h4-7,10,23H,1-3H3,(H,20,21)(H2,18,19,22). The fraction of sp³-hybridized carbons (Fsp3) is 0.429. The molecule has 6 nitrogen and oxygen atoms in total. The zero-order valence-corrected chi connectivity index (χ0v) is 12.8. The average Bonchev–Trinajstić information content (AvgIpc) is 2.41. The molecular weight excluding hydrogens is 315 g/mol. The van der Waals surface area contributed by atoms with E-state index in [1.165, 1.54) is 5.48 Å². The number of hydrogen-bond acceptors (Lipinski definition) is 3. The summed E-state index contributed by atoms with van der Waals surface area (Å²) >= 11 is 0. The first-order valence-corrected chi connectivity index (χ1v) is 6.64. The number of hydroxylamine groups is 1. The Kier molecular flexibility index (Phi) is 5.60. The summed E-state index contributed by atoms with van der Waals surface area (Å²) in [4.78, 5) is 22.9. The lowest BCUT2D eigenvalue weighted by Gasteiger charge is -2.26. The predicted molar refractivity (Wildman–Crippen MR) is 75.9 cm³/mol. The fourth-order valence-corrected chi connectivity index (χ4v) is 1.75. The molecule has 0 aliphatic heterocycles. The molecule has 0 aliphatic carbocycles. The van der Waals surface area contributed by atoms with E-state index in [0.717, 1.165) is 24.3 Å². The van der Waals surface area contributed by atoms with Gasteiger partial charge in [-0.2, -0.15) is 13.2 Å². The number of nitrogens with one attached hydrogen (secondary N) is 3. The van der Waals surface area contributed by atoms with Gasteiger partial charge in [0.05, 0.1) is 0 Å². The first-order chi connectivity index (χ1) is 10.4. The zero-order valence-electron chi connectivity index (χ0n) is 12.8. The van der Waals surface area contributed by atoms with E-state index in [1.807, 2.05) is 5.32 Å². The van der Waals surface area contributed by atoms with Crippen molar-refractivity contribution in [2.75, 3.05) is 0 Å². The molecule has 3 amide bonds. The highest BCUT2D eigenvalue weighted by molar-refractivity contribution is 5.93. The summed E-state index contributed by atoms with van der Waals surface area (Å²) in [5.41, 5.74) is 0.429. The number of amides is 3. The number of benzene rings is 1. The van der Waals surface area contributed by atoms with Crippen LogP contribution in [-0.4, -0.2) is 28.9 Å². The van der Waals surface area contributed by atoms with Crippen molar-refractivity contribution in [3.63, 3.8) is 0 Å². The van der Waals surface area contributed by atoms with Crippen LogP contribution in [0.1, 0.15) is 42.7 Å². The summed E-state index contributed by atoms with van der Waals surface area (Å²) in [5, 5.41) is 12.7. The maximum atomic E-state index is 13.2. The molecule has 0 fully saturated rings. The maximum absolute atomic E-state index is 13.2. The third kappa shape index (κ3) is 5.78. The van der Waals surface area contributed by atoms with Gasteiger partial charge in [0.15, 0.2) is 6.04 Å². The highest BCUT2D eigenvalue weighted by atomic mass is 19.4. The summed E-state index contributed by atoms with van der Waals surface area (Å²) in [6.45, 7) is 4.91. The number of urea groups is 1. The molecule has 1 unspecified atom stereocenters. The monoisotopic (exact) mass is 333 g/mol. The molecular formula is C14H18F3N3O3. The van der Waals surface area contributed by atoms with Crippen LogP contribution >= 0.6 is 0 Å². The molecule has 0 saturated heterocycles. The van der Waals surface area contributed by atoms with E-state index in [4.69, 9.17) is 5.21 Å². The second kappa shape index (κ2) is 6.86. The van der Waals surface area contributed by atoms with Crippen molar-refractivity contribution in [2.45, 2.75) is 38.5 Å². The van der Waals surface area contributed by atoms with Crippen LogP contribution in [0.15, 0.2) is 24.3 Å². The van der Waals surface area contributed by atoms with Crippen molar-refractivity contribution in [3.8, 4) is 0 Å². The molecule has 9 heteroatoms. The van der Waals surface area contributed by atoms with Crippen LogP contribution in [0.5, 0.6) is 0 Å². The first kappa shape index (κ1) is 18.8. The van der Waals surface area contributed by atoms with Gasteiger partial charge in [0, 0.05) is 11.1 Å². The van der Waals surface area contributed by atoms with E-state index < -0.39 is 29.7 Å². The molecule has 0 saturated carbocycles. The molecule has 1 aromatic rings. The second-order valence-electron chi connectivity index (χ2n) is 5.89. The van der Waals surface area contributed by atoms with E-state index in [1.54, 1.807) is 20.8 Å². The van der Waals surface area contributed by atoms with Gasteiger partial charge in [-0.05, 0) is 38.5 Å². The number of hydrogen-bond donors (Lipinski definition) is 4. The smallest absolute Gasteiger partial charge is 0.334 e. The van der Waals surface area contributed by atoms with E-state index in [-0.39, 0.29) is 11.1 Å². The molecule has 0 aliphatic rings. The highest BCUT2D eigenvalue weighted by Gasteiger charge is 2.42. The van der Waals surface area contributed by atoms with Gasteiger partial charge in [0.25, 0.3) is 5.91 Å². The van der Waals surface area contributed by atoms with Gasteiger partial charge in [-0.1, -0.05) is 12.1 Å². The Morgan fingerprint density at radius 3 is 2.00 bits per heavy atom. The maximum Gasteiger partial charge on any atom is 0.412 e. The number of halogens is 3. The van der Waals surface area contributed by atoms with Crippen LogP contribution in [0, 0.1) is 0 Å².